The first-order chi connectivity index (χ1) is 25.5. The zero-order valence-electron chi connectivity index (χ0n) is 34.3. The molecule has 5 N–H and O–H groups in total. The second-order valence-electron chi connectivity index (χ2n) is 15.4. The van der Waals surface area contributed by atoms with Gasteiger partial charge in [-0.2, -0.15) is 0 Å². The van der Waals surface area contributed by atoms with E-state index in [1.54, 1.807) is 0 Å². The Balaban J connectivity index is 3.69. The van der Waals surface area contributed by atoms with Gasteiger partial charge >= 0.3 is 0 Å². The smallest absolute Gasteiger partial charge is 0.249 e. The molecule has 0 heterocycles. The first-order valence-corrected chi connectivity index (χ1v) is 22.4. The number of nitrogens with one attached hydrogen (secondary N) is 1. The Hall–Kier alpha value is -1.47. The molecule has 0 aliphatic rings. The fourth-order valence-electron chi connectivity index (χ4n) is 6.69. The Morgan fingerprint density at radius 1 is 0.462 bits per heavy atom. The van der Waals surface area contributed by atoms with Gasteiger partial charge in [0.25, 0.3) is 0 Å². The van der Waals surface area contributed by atoms with Crippen LogP contribution in [0.25, 0.3) is 0 Å². The number of carbonyl (C=O) groups excluding carboxylic acids is 1. The highest BCUT2D eigenvalue weighted by atomic mass is 16.3. The molecule has 0 radical (unpaired) electrons. The monoisotopic (exact) mass is 734 g/mol. The second kappa shape index (κ2) is 40.7. The molecule has 0 fully saturated rings. The van der Waals surface area contributed by atoms with Crippen LogP contribution in [0.4, 0.5) is 0 Å². The molecule has 6 nitrogen and oxygen atoms in total. The highest BCUT2D eigenvalue weighted by molar-refractivity contribution is 5.80. The van der Waals surface area contributed by atoms with Gasteiger partial charge in [0.2, 0.25) is 5.91 Å². The molecule has 0 bridgehead atoms. The molecule has 4 atom stereocenters. The zero-order chi connectivity index (χ0) is 38.2. The third-order valence-corrected chi connectivity index (χ3v) is 10.3. The maximum Gasteiger partial charge on any atom is 0.249 e. The molecule has 0 saturated carbocycles. The van der Waals surface area contributed by atoms with Crippen molar-refractivity contribution in [2.45, 2.75) is 244 Å². The second-order valence-corrected chi connectivity index (χ2v) is 15.4. The lowest BCUT2D eigenvalue weighted by Gasteiger charge is -2.27. The summed E-state index contributed by atoms with van der Waals surface area (Å²) in [4.78, 5) is 12.5. The lowest BCUT2D eigenvalue weighted by atomic mass is 10.00. The molecule has 0 aromatic heterocycles. The number of carbonyl (C=O) groups is 1. The molecular formula is C46H87NO5. The quantitative estimate of drug-likeness (QED) is 0.0318. The molecule has 0 saturated heterocycles. The SMILES string of the molecule is CCCC/C=C/CC/C=C/CCCC(O)C(O)C(CO)NC(=O)C(O)CCCCCCCCCCC/C=C\CCCCCCCCCCCCCC. The van der Waals surface area contributed by atoms with Crippen molar-refractivity contribution >= 4 is 5.91 Å². The number of allylic oxidation sites excluding steroid dienone is 6. The van der Waals surface area contributed by atoms with Crippen LogP contribution in [0.2, 0.25) is 0 Å². The lowest BCUT2D eigenvalue weighted by molar-refractivity contribution is -0.132. The van der Waals surface area contributed by atoms with E-state index in [2.05, 4.69) is 55.6 Å². The van der Waals surface area contributed by atoms with Crippen LogP contribution < -0.4 is 5.32 Å². The average Bonchev–Trinajstić information content (AvgIpc) is 3.15. The highest BCUT2D eigenvalue weighted by Gasteiger charge is 2.28. The van der Waals surface area contributed by atoms with E-state index in [1.807, 2.05) is 0 Å². The number of aliphatic hydroxyl groups is 4. The van der Waals surface area contributed by atoms with E-state index in [-0.39, 0.29) is 0 Å². The molecule has 1 amide bonds. The Morgan fingerprint density at radius 2 is 0.827 bits per heavy atom. The van der Waals surface area contributed by atoms with Gasteiger partial charge < -0.3 is 25.7 Å². The predicted octanol–water partition coefficient (Wildman–Crippen LogP) is 11.7. The first-order valence-electron chi connectivity index (χ1n) is 22.4. The van der Waals surface area contributed by atoms with E-state index >= 15 is 0 Å². The number of aliphatic hydroxyl groups excluding tert-OH is 4. The van der Waals surface area contributed by atoms with E-state index in [9.17, 15) is 25.2 Å². The minimum atomic E-state index is -1.29. The van der Waals surface area contributed by atoms with Gasteiger partial charge in [-0.15, -0.1) is 0 Å². The van der Waals surface area contributed by atoms with Gasteiger partial charge in [0, 0.05) is 0 Å². The van der Waals surface area contributed by atoms with Crippen molar-refractivity contribution in [3.63, 3.8) is 0 Å². The molecule has 0 aromatic rings. The summed E-state index contributed by atoms with van der Waals surface area (Å²) in [5, 5.41) is 43.5. The number of amides is 1. The summed E-state index contributed by atoms with van der Waals surface area (Å²) in [6, 6.07) is -1.01. The largest absolute Gasteiger partial charge is 0.394 e. The summed E-state index contributed by atoms with van der Waals surface area (Å²) in [7, 11) is 0. The summed E-state index contributed by atoms with van der Waals surface area (Å²) in [6.07, 6.45) is 47.6. The predicted molar refractivity (Wildman–Crippen MR) is 224 cm³/mol. The average molecular weight is 734 g/mol. The minimum Gasteiger partial charge on any atom is -0.394 e. The van der Waals surface area contributed by atoms with Crippen molar-refractivity contribution in [1.82, 2.24) is 5.32 Å². The molecule has 0 rings (SSSR count). The van der Waals surface area contributed by atoms with E-state index in [0.29, 0.717) is 19.3 Å². The molecule has 0 aliphatic carbocycles. The molecule has 0 aromatic carbocycles. The lowest BCUT2D eigenvalue weighted by Crippen LogP contribution is -2.53. The molecule has 52 heavy (non-hydrogen) atoms. The van der Waals surface area contributed by atoms with E-state index in [4.69, 9.17) is 0 Å². The number of hydrogen-bond donors (Lipinski definition) is 5. The third kappa shape index (κ3) is 34.3. The van der Waals surface area contributed by atoms with Gasteiger partial charge in [-0.1, -0.05) is 185 Å². The summed E-state index contributed by atoms with van der Waals surface area (Å²) in [5.41, 5.74) is 0. The molecule has 4 unspecified atom stereocenters. The van der Waals surface area contributed by atoms with E-state index in [1.165, 1.54) is 141 Å². The van der Waals surface area contributed by atoms with Gasteiger partial charge in [-0.3, -0.25) is 4.79 Å². The van der Waals surface area contributed by atoms with Crippen molar-refractivity contribution in [1.29, 1.82) is 0 Å². The molecule has 0 aliphatic heterocycles. The zero-order valence-corrected chi connectivity index (χ0v) is 34.3. The number of unbranched alkanes of at least 4 members (excludes halogenated alkanes) is 25. The van der Waals surface area contributed by atoms with Crippen LogP contribution in [0.5, 0.6) is 0 Å². The fraction of sp³-hybridized carbons (Fsp3) is 0.848. The van der Waals surface area contributed by atoms with Crippen LogP contribution in [0, 0.1) is 0 Å². The standard InChI is InChI=1S/C46H87NO5/c1-3-5-7-9-11-13-15-16-17-18-19-20-21-22-23-24-25-26-27-28-30-32-34-36-38-40-44(50)46(52)47-42(41-48)45(51)43(49)39-37-35-33-31-29-14-12-10-8-6-4-2/h10,12,22-23,31,33,42-45,48-51H,3-9,11,13-21,24-30,32,34-41H2,1-2H3,(H,47,52)/b12-10+,23-22-,33-31+. The Bertz CT molecular complexity index is 828. The van der Waals surface area contributed by atoms with Crippen LogP contribution in [0.15, 0.2) is 36.5 Å². The van der Waals surface area contributed by atoms with Gasteiger partial charge in [0.05, 0.1) is 18.8 Å². The van der Waals surface area contributed by atoms with Crippen molar-refractivity contribution in [3.05, 3.63) is 36.5 Å². The van der Waals surface area contributed by atoms with E-state index in [0.717, 1.165) is 44.9 Å². The van der Waals surface area contributed by atoms with Crippen molar-refractivity contribution in [2.24, 2.45) is 0 Å². The fourth-order valence-corrected chi connectivity index (χ4v) is 6.69. The van der Waals surface area contributed by atoms with Crippen molar-refractivity contribution in [3.8, 4) is 0 Å². The van der Waals surface area contributed by atoms with Crippen LogP contribution in [-0.4, -0.2) is 57.3 Å². The van der Waals surface area contributed by atoms with Gasteiger partial charge in [0.1, 0.15) is 12.2 Å². The maximum atomic E-state index is 12.5. The van der Waals surface area contributed by atoms with Gasteiger partial charge in [-0.05, 0) is 70.6 Å². The first kappa shape index (κ1) is 50.5. The van der Waals surface area contributed by atoms with Crippen LogP contribution in [0.3, 0.4) is 0 Å². The molecule has 0 spiro atoms. The summed E-state index contributed by atoms with van der Waals surface area (Å²) in [6.45, 7) is 3.98. The minimum absolute atomic E-state index is 0.357. The molecule has 306 valence electrons. The van der Waals surface area contributed by atoms with Crippen LogP contribution >= 0.6 is 0 Å². The summed E-state index contributed by atoms with van der Waals surface area (Å²) >= 11 is 0. The van der Waals surface area contributed by atoms with Gasteiger partial charge in [0.15, 0.2) is 0 Å². The number of rotatable bonds is 40. The Kier molecular flexibility index (Phi) is 39.6. The van der Waals surface area contributed by atoms with Gasteiger partial charge in [-0.25, -0.2) is 0 Å². The molecular weight excluding hydrogens is 647 g/mol. The molecule has 6 heteroatoms. The van der Waals surface area contributed by atoms with Crippen LogP contribution in [-0.2, 0) is 4.79 Å². The normalized spacial score (nSPS) is 14.5. The topological polar surface area (TPSA) is 110 Å². The van der Waals surface area contributed by atoms with Crippen LogP contribution in [0.1, 0.15) is 219 Å². The summed E-state index contributed by atoms with van der Waals surface area (Å²) < 4.78 is 0. The maximum absolute atomic E-state index is 12.5. The Morgan fingerprint density at radius 3 is 1.27 bits per heavy atom. The van der Waals surface area contributed by atoms with Crippen molar-refractivity contribution < 1.29 is 25.2 Å². The third-order valence-electron chi connectivity index (χ3n) is 10.3. The Labute approximate surface area is 322 Å². The van der Waals surface area contributed by atoms with Crippen molar-refractivity contribution in [2.75, 3.05) is 6.61 Å². The highest BCUT2D eigenvalue weighted by Crippen LogP contribution is 2.15. The summed E-state index contributed by atoms with van der Waals surface area (Å²) in [5.74, 6) is -0.601. The number of hydrogen-bond acceptors (Lipinski definition) is 5. The van der Waals surface area contributed by atoms with E-state index < -0.39 is 36.9 Å².